The van der Waals surface area contributed by atoms with Gasteiger partial charge < -0.3 is 10.1 Å². The standard InChI is InChI=1S/C22H29NO2Si/c1-16-21(17-11-7-5-8-12-17)23-19(15-20(24)25-2)22(16)26(3,4)18-13-9-6-10-14-18/h5-14,16,19,21-23H,15H2,1-4H3/t16-,19-,21-,22+/m1/s1. The Hall–Kier alpha value is -1.91. The van der Waals surface area contributed by atoms with Crippen LogP contribution in [0.4, 0.5) is 0 Å². The molecule has 0 radical (unpaired) electrons. The Morgan fingerprint density at radius 3 is 2.19 bits per heavy atom. The minimum atomic E-state index is -1.80. The molecule has 2 aromatic rings. The van der Waals surface area contributed by atoms with Crippen LogP contribution in [0.5, 0.6) is 0 Å². The first-order chi connectivity index (χ1) is 12.4. The number of rotatable bonds is 5. The highest BCUT2D eigenvalue weighted by Gasteiger charge is 2.50. The van der Waals surface area contributed by atoms with E-state index in [4.69, 9.17) is 4.74 Å². The fraction of sp³-hybridized carbons (Fsp3) is 0.409. The number of esters is 1. The maximum absolute atomic E-state index is 12.1. The Kier molecular flexibility index (Phi) is 5.63. The molecule has 1 N–H and O–H groups in total. The molecule has 26 heavy (non-hydrogen) atoms. The summed E-state index contributed by atoms with van der Waals surface area (Å²) < 4.78 is 4.99. The average molecular weight is 368 g/mol. The van der Waals surface area contributed by atoms with Gasteiger partial charge in [0.15, 0.2) is 0 Å². The third kappa shape index (κ3) is 3.62. The summed E-state index contributed by atoms with van der Waals surface area (Å²) in [4.78, 5) is 12.1. The van der Waals surface area contributed by atoms with Gasteiger partial charge in [-0.1, -0.05) is 85.9 Å². The van der Waals surface area contributed by atoms with Crippen molar-refractivity contribution in [1.29, 1.82) is 0 Å². The van der Waals surface area contributed by atoms with Crippen LogP contribution in [0.3, 0.4) is 0 Å². The van der Waals surface area contributed by atoms with Crippen LogP contribution >= 0.6 is 0 Å². The fourth-order valence-electron chi connectivity index (χ4n) is 4.79. The van der Waals surface area contributed by atoms with Crippen molar-refractivity contribution >= 4 is 19.2 Å². The van der Waals surface area contributed by atoms with Gasteiger partial charge in [0.2, 0.25) is 0 Å². The molecule has 138 valence electrons. The second kappa shape index (κ2) is 7.76. The zero-order chi connectivity index (χ0) is 18.7. The van der Waals surface area contributed by atoms with Crippen LogP contribution in [0.1, 0.15) is 24.9 Å². The number of carbonyl (C=O) groups is 1. The van der Waals surface area contributed by atoms with E-state index in [2.05, 4.69) is 86.0 Å². The van der Waals surface area contributed by atoms with Crippen LogP contribution in [0.15, 0.2) is 60.7 Å². The van der Waals surface area contributed by atoms with Crippen molar-refractivity contribution in [2.24, 2.45) is 5.92 Å². The van der Waals surface area contributed by atoms with E-state index in [1.165, 1.54) is 17.9 Å². The minimum absolute atomic E-state index is 0.133. The third-order valence-electron chi connectivity index (χ3n) is 6.04. The van der Waals surface area contributed by atoms with E-state index in [1.807, 2.05) is 0 Å². The summed E-state index contributed by atoms with van der Waals surface area (Å²) in [5.41, 5.74) is 1.75. The number of hydrogen-bond acceptors (Lipinski definition) is 3. The van der Waals surface area contributed by atoms with E-state index in [0.717, 1.165) is 0 Å². The van der Waals surface area contributed by atoms with Gasteiger partial charge in [-0.15, -0.1) is 0 Å². The molecular formula is C22H29NO2Si. The van der Waals surface area contributed by atoms with Gasteiger partial charge in [0.25, 0.3) is 0 Å². The summed E-state index contributed by atoms with van der Waals surface area (Å²) in [6.07, 6.45) is 0.429. The molecule has 0 unspecified atom stereocenters. The zero-order valence-electron chi connectivity index (χ0n) is 16.1. The lowest BCUT2D eigenvalue weighted by Crippen LogP contribution is -2.51. The van der Waals surface area contributed by atoms with Gasteiger partial charge in [0, 0.05) is 12.1 Å². The van der Waals surface area contributed by atoms with Gasteiger partial charge in [-0.3, -0.25) is 4.79 Å². The van der Waals surface area contributed by atoms with E-state index < -0.39 is 8.07 Å². The van der Waals surface area contributed by atoms with E-state index in [0.29, 0.717) is 17.9 Å². The smallest absolute Gasteiger partial charge is 0.307 e. The molecule has 3 nitrogen and oxygen atoms in total. The molecule has 0 saturated carbocycles. The van der Waals surface area contributed by atoms with Gasteiger partial charge in [-0.05, 0) is 17.0 Å². The molecule has 4 atom stereocenters. The SMILES string of the molecule is COC(=O)C[C@H]1N[C@@H](c2ccccc2)[C@@H](C)[C@@H]1[Si](C)(C)c1ccccc1. The Bertz CT molecular complexity index is 732. The maximum Gasteiger partial charge on any atom is 0.307 e. The molecule has 3 rings (SSSR count). The van der Waals surface area contributed by atoms with Gasteiger partial charge in [-0.2, -0.15) is 0 Å². The van der Waals surface area contributed by atoms with Crippen molar-refractivity contribution in [1.82, 2.24) is 5.32 Å². The molecule has 4 heteroatoms. The van der Waals surface area contributed by atoms with Crippen LogP contribution in [0.2, 0.25) is 18.6 Å². The molecule has 1 saturated heterocycles. The molecule has 0 spiro atoms. The highest BCUT2D eigenvalue weighted by Crippen LogP contribution is 2.47. The summed E-state index contributed by atoms with van der Waals surface area (Å²) in [6.45, 7) is 7.20. The molecule has 1 fully saturated rings. The fourth-order valence-corrected chi connectivity index (χ4v) is 8.95. The highest BCUT2D eigenvalue weighted by molar-refractivity contribution is 6.91. The Labute approximate surface area is 157 Å². The minimum Gasteiger partial charge on any atom is -0.469 e. The van der Waals surface area contributed by atoms with E-state index in [-0.39, 0.29) is 18.1 Å². The number of benzene rings is 2. The molecule has 1 heterocycles. The number of hydrogen-bond donors (Lipinski definition) is 1. The van der Waals surface area contributed by atoms with E-state index in [1.54, 1.807) is 0 Å². The van der Waals surface area contributed by atoms with Crippen molar-refractivity contribution < 1.29 is 9.53 Å². The zero-order valence-corrected chi connectivity index (χ0v) is 17.1. The number of carbonyl (C=O) groups excluding carboxylic acids is 1. The van der Waals surface area contributed by atoms with Gasteiger partial charge >= 0.3 is 5.97 Å². The molecule has 0 bridgehead atoms. The van der Waals surface area contributed by atoms with Gasteiger partial charge in [0.1, 0.15) is 0 Å². The summed E-state index contributed by atoms with van der Waals surface area (Å²) >= 11 is 0. The van der Waals surface area contributed by atoms with E-state index >= 15 is 0 Å². The quantitative estimate of drug-likeness (QED) is 0.644. The van der Waals surface area contributed by atoms with Crippen molar-refractivity contribution in [2.45, 2.75) is 44.1 Å². The lowest BCUT2D eigenvalue weighted by atomic mass is 9.94. The molecule has 1 aliphatic heterocycles. The first-order valence-electron chi connectivity index (χ1n) is 9.38. The first-order valence-corrected chi connectivity index (χ1v) is 12.5. The predicted molar refractivity (Wildman–Crippen MR) is 109 cm³/mol. The second-order valence-corrected chi connectivity index (χ2v) is 12.6. The van der Waals surface area contributed by atoms with Crippen molar-refractivity contribution in [3.8, 4) is 0 Å². The Balaban J connectivity index is 1.97. The third-order valence-corrected chi connectivity index (χ3v) is 10.5. The monoisotopic (exact) mass is 367 g/mol. The molecule has 0 aliphatic carbocycles. The van der Waals surface area contributed by atoms with Gasteiger partial charge in [0.05, 0.1) is 21.6 Å². The number of ether oxygens (including phenoxy) is 1. The van der Waals surface area contributed by atoms with Crippen LogP contribution in [-0.4, -0.2) is 27.2 Å². The lowest BCUT2D eigenvalue weighted by molar-refractivity contribution is -0.141. The van der Waals surface area contributed by atoms with Crippen LogP contribution in [-0.2, 0) is 9.53 Å². The summed E-state index contributed by atoms with van der Waals surface area (Å²) in [7, 11) is -0.321. The summed E-state index contributed by atoms with van der Waals surface area (Å²) in [5, 5.41) is 5.23. The number of methoxy groups -OCH3 is 1. The predicted octanol–water partition coefficient (Wildman–Crippen LogP) is 3.88. The van der Waals surface area contributed by atoms with E-state index in [9.17, 15) is 4.79 Å². The summed E-state index contributed by atoms with van der Waals surface area (Å²) in [5.74, 6) is 0.320. The summed E-state index contributed by atoms with van der Waals surface area (Å²) in [6, 6.07) is 21.8. The van der Waals surface area contributed by atoms with Crippen LogP contribution in [0, 0.1) is 5.92 Å². The van der Waals surface area contributed by atoms with Crippen molar-refractivity contribution in [3.63, 3.8) is 0 Å². The van der Waals surface area contributed by atoms with Gasteiger partial charge in [-0.25, -0.2) is 0 Å². The second-order valence-electron chi connectivity index (χ2n) is 7.91. The van der Waals surface area contributed by atoms with Crippen LogP contribution in [0.25, 0.3) is 0 Å². The molecule has 0 aromatic heterocycles. The maximum atomic E-state index is 12.1. The molecular weight excluding hydrogens is 338 g/mol. The van der Waals surface area contributed by atoms with Crippen LogP contribution < -0.4 is 10.5 Å². The average Bonchev–Trinajstić information content (AvgIpc) is 2.99. The van der Waals surface area contributed by atoms with Crippen molar-refractivity contribution in [3.05, 3.63) is 66.2 Å². The Morgan fingerprint density at radius 1 is 1.04 bits per heavy atom. The first kappa shape index (κ1) is 18.9. The largest absolute Gasteiger partial charge is 0.469 e. The number of nitrogens with one attached hydrogen (secondary N) is 1. The topological polar surface area (TPSA) is 38.3 Å². The lowest BCUT2D eigenvalue weighted by Gasteiger charge is -2.36. The molecule has 0 amide bonds. The normalized spacial score (nSPS) is 25.8. The van der Waals surface area contributed by atoms with Crippen molar-refractivity contribution in [2.75, 3.05) is 7.11 Å². The highest BCUT2D eigenvalue weighted by atomic mass is 28.3. The molecule has 2 aromatic carbocycles. The molecule has 1 aliphatic rings. The Morgan fingerprint density at radius 2 is 1.62 bits per heavy atom.